The SMILES string of the molecule is COc1ccccc1/C=C/Cc1c(F)c(F)c(F)c(F)c1F. The normalized spacial score (nSPS) is 11.2. The molecule has 0 unspecified atom stereocenters. The first-order chi connectivity index (χ1) is 10.5. The molecule has 0 amide bonds. The van der Waals surface area contributed by atoms with Gasteiger partial charge >= 0.3 is 0 Å². The van der Waals surface area contributed by atoms with Crippen molar-refractivity contribution in [3.05, 3.63) is 70.6 Å². The molecule has 0 fully saturated rings. The number of ether oxygens (including phenoxy) is 1. The summed E-state index contributed by atoms with van der Waals surface area (Å²) in [6.07, 6.45) is 2.34. The van der Waals surface area contributed by atoms with E-state index in [1.165, 1.54) is 19.3 Å². The van der Waals surface area contributed by atoms with Crippen LogP contribution in [0.5, 0.6) is 5.75 Å². The average molecular weight is 314 g/mol. The summed E-state index contributed by atoms with van der Waals surface area (Å²) in [6.45, 7) is 0. The Labute approximate surface area is 123 Å². The summed E-state index contributed by atoms with van der Waals surface area (Å²) in [7, 11) is 1.46. The van der Waals surface area contributed by atoms with Crippen molar-refractivity contribution < 1.29 is 26.7 Å². The summed E-state index contributed by atoms with van der Waals surface area (Å²) in [6, 6.07) is 6.83. The molecule has 0 aliphatic rings. The molecule has 0 aliphatic heterocycles. The minimum atomic E-state index is -2.16. The Morgan fingerprint density at radius 3 is 2.00 bits per heavy atom. The quantitative estimate of drug-likeness (QED) is 0.453. The molecule has 6 heteroatoms. The van der Waals surface area contributed by atoms with Crippen molar-refractivity contribution in [2.24, 2.45) is 0 Å². The van der Waals surface area contributed by atoms with Crippen molar-refractivity contribution in [3.63, 3.8) is 0 Å². The van der Waals surface area contributed by atoms with Crippen LogP contribution in [0.2, 0.25) is 0 Å². The van der Waals surface area contributed by atoms with Crippen LogP contribution in [-0.2, 0) is 6.42 Å². The van der Waals surface area contributed by atoms with Gasteiger partial charge in [-0.05, 0) is 12.5 Å². The molecule has 0 aliphatic carbocycles. The maximum Gasteiger partial charge on any atom is 0.200 e. The Bertz CT molecular complexity index is 696. The molecule has 0 heterocycles. The highest BCUT2D eigenvalue weighted by Gasteiger charge is 2.24. The van der Waals surface area contributed by atoms with Crippen molar-refractivity contribution in [2.75, 3.05) is 7.11 Å². The largest absolute Gasteiger partial charge is 0.496 e. The third kappa shape index (κ3) is 2.95. The lowest BCUT2D eigenvalue weighted by molar-refractivity contribution is 0.371. The van der Waals surface area contributed by atoms with Gasteiger partial charge in [0.15, 0.2) is 23.3 Å². The number of allylic oxidation sites excluding steroid dienone is 1. The zero-order valence-corrected chi connectivity index (χ0v) is 11.5. The van der Waals surface area contributed by atoms with Crippen molar-refractivity contribution >= 4 is 6.08 Å². The first-order valence-electron chi connectivity index (χ1n) is 6.27. The molecular formula is C16H11F5O. The monoisotopic (exact) mass is 314 g/mol. The van der Waals surface area contributed by atoms with E-state index in [0.717, 1.165) is 0 Å². The maximum atomic E-state index is 13.5. The van der Waals surface area contributed by atoms with Gasteiger partial charge in [-0.3, -0.25) is 0 Å². The van der Waals surface area contributed by atoms with Gasteiger partial charge in [-0.15, -0.1) is 0 Å². The molecule has 0 atom stereocenters. The van der Waals surface area contributed by atoms with E-state index >= 15 is 0 Å². The zero-order valence-electron chi connectivity index (χ0n) is 11.5. The Balaban J connectivity index is 2.31. The number of methoxy groups -OCH3 is 1. The third-order valence-corrected chi connectivity index (χ3v) is 3.06. The summed E-state index contributed by atoms with van der Waals surface area (Å²) in [4.78, 5) is 0. The van der Waals surface area contributed by atoms with Crippen molar-refractivity contribution in [1.82, 2.24) is 0 Å². The van der Waals surface area contributed by atoms with Crippen LogP contribution in [0.3, 0.4) is 0 Å². The second-order valence-corrected chi connectivity index (χ2v) is 4.40. The minimum Gasteiger partial charge on any atom is -0.496 e. The molecule has 0 radical (unpaired) electrons. The van der Waals surface area contributed by atoms with Crippen molar-refractivity contribution in [3.8, 4) is 5.75 Å². The Morgan fingerprint density at radius 1 is 0.864 bits per heavy atom. The highest BCUT2D eigenvalue weighted by atomic mass is 19.2. The van der Waals surface area contributed by atoms with Gasteiger partial charge in [0.2, 0.25) is 5.82 Å². The second-order valence-electron chi connectivity index (χ2n) is 4.40. The van der Waals surface area contributed by atoms with Gasteiger partial charge in [0, 0.05) is 11.1 Å². The molecule has 2 aromatic carbocycles. The molecule has 2 aromatic rings. The van der Waals surface area contributed by atoms with Gasteiger partial charge in [0.25, 0.3) is 0 Å². The molecule has 0 saturated heterocycles. The number of rotatable bonds is 4. The number of para-hydroxylation sites is 1. The standard InChI is InChI=1S/C16H11F5O/c1-22-11-8-3-2-5-9(11)6-4-7-10-12(17)14(19)16(21)15(20)13(10)18/h2-6,8H,7H2,1H3/b6-4+. The van der Waals surface area contributed by atoms with Crippen LogP contribution in [0, 0.1) is 29.1 Å². The Hall–Kier alpha value is -2.37. The lowest BCUT2D eigenvalue weighted by atomic mass is 10.1. The fourth-order valence-corrected chi connectivity index (χ4v) is 1.94. The average Bonchev–Trinajstić information content (AvgIpc) is 2.54. The third-order valence-electron chi connectivity index (χ3n) is 3.06. The van der Waals surface area contributed by atoms with Crippen LogP contribution >= 0.6 is 0 Å². The first-order valence-corrected chi connectivity index (χ1v) is 6.27. The minimum absolute atomic E-state index is 0.441. The van der Waals surface area contributed by atoms with Crippen LogP contribution < -0.4 is 4.74 Å². The predicted octanol–water partition coefficient (Wildman–Crippen LogP) is 4.65. The summed E-state index contributed by atoms with van der Waals surface area (Å²) >= 11 is 0. The summed E-state index contributed by atoms with van der Waals surface area (Å²) in [5.74, 6) is -9.16. The molecule has 0 saturated carbocycles. The van der Waals surface area contributed by atoms with Gasteiger partial charge in [0.1, 0.15) is 5.75 Å². The van der Waals surface area contributed by atoms with E-state index in [1.54, 1.807) is 24.3 Å². The van der Waals surface area contributed by atoms with E-state index in [1.807, 2.05) is 0 Å². The Kier molecular flexibility index (Phi) is 4.80. The summed E-state index contributed by atoms with van der Waals surface area (Å²) in [5.41, 5.74) is -0.253. The fourth-order valence-electron chi connectivity index (χ4n) is 1.94. The van der Waals surface area contributed by atoms with Gasteiger partial charge in [0.05, 0.1) is 7.11 Å². The summed E-state index contributed by atoms with van der Waals surface area (Å²) < 4.78 is 71.1. The molecule has 1 nitrogen and oxygen atoms in total. The highest BCUT2D eigenvalue weighted by Crippen LogP contribution is 2.24. The van der Waals surface area contributed by atoms with E-state index in [2.05, 4.69) is 0 Å². The topological polar surface area (TPSA) is 9.23 Å². The van der Waals surface area contributed by atoms with Crippen LogP contribution in [0.25, 0.3) is 6.08 Å². The Morgan fingerprint density at radius 2 is 1.41 bits per heavy atom. The zero-order chi connectivity index (χ0) is 16.3. The maximum absolute atomic E-state index is 13.5. The number of benzene rings is 2. The molecule has 116 valence electrons. The lowest BCUT2D eigenvalue weighted by Crippen LogP contribution is -2.06. The number of hydrogen-bond acceptors (Lipinski definition) is 1. The van der Waals surface area contributed by atoms with Crippen LogP contribution in [0.15, 0.2) is 30.3 Å². The number of halogens is 5. The van der Waals surface area contributed by atoms with E-state index in [9.17, 15) is 22.0 Å². The van der Waals surface area contributed by atoms with Crippen LogP contribution in [0.4, 0.5) is 22.0 Å². The molecule has 0 N–H and O–H groups in total. The van der Waals surface area contributed by atoms with Crippen LogP contribution in [0.1, 0.15) is 11.1 Å². The molecular weight excluding hydrogens is 303 g/mol. The molecule has 2 rings (SSSR count). The predicted molar refractivity (Wildman–Crippen MR) is 72.0 cm³/mol. The molecule has 0 bridgehead atoms. The van der Waals surface area contributed by atoms with Gasteiger partial charge < -0.3 is 4.74 Å². The van der Waals surface area contributed by atoms with Gasteiger partial charge in [-0.1, -0.05) is 30.4 Å². The van der Waals surface area contributed by atoms with Gasteiger partial charge in [-0.2, -0.15) is 0 Å². The number of hydrogen-bond donors (Lipinski definition) is 0. The van der Waals surface area contributed by atoms with Crippen LogP contribution in [-0.4, -0.2) is 7.11 Å². The van der Waals surface area contributed by atoms with Gasteiger partial charge in [-0.25, -0.2) is 22.0 Å². The van der Waals surface area contributed by atoms with E-state index < -0.39 is 41.1 Å². The molecule has 0 aromatic heterocycles. The molecule has 22 heavy (non-hydrogen) atoms. The van der Waals surface area contributed by atoms with E-state index in [0.29, 0.717) is 11.3 Å². The van der Waals surface area contributed by atoms with Crippen molar-refractivity contribution in [1.29, 1.82) is 0 Å². The van der Waals surface area contributed by atoms with E-state index in [-0.39, 0.29) is 0 Å². The summed E-state index contributed by atoms with van der Waals surface area (Å²) in [5, 5.41) is 0. The lowest BCUT2D eigenvalue weighted by Gasteiger charge is -2.06. The van der Waals surface area contributed by atoms with E-state index in [4.69, 9.17) is 4.74 Å². The van der Waals surface area contributed by atoms with Crippen molar-refractivity contribution in [2.45, 2.75) is 6.42 Å². The smallest absolute Gasteiger partial charge is 0.200 e. The molecule has 0 spiro atoms. The fraction of sp³-hybridized carbons (Fsp3) is 0.125. The second kappa shape index (κ2) is 6.60. The first kappa shape index (κ1) is 16.0. The highest BCUT2D eigenvalue weighted by molar-refractivity contribution is 5.57.